The van der Waals surface area contributed by atoms with Gasteiger partial charge in [0.2, 0.25) is 5.60 Å². The third-order valence-corrected chi connectivity index (χ3v) is 6.26. The molecule has 0 spiro atoms. The maximum Gasteiger partial charge on any atom is 0.423 e. The Morgan fingerprint density at radius 1 is 1.16 bits per heavy atom. The Hall–Kier alpha value is -3.22. The molecule has 0 amide bonds. The SMILES string of the molecule is CCC(O)(c1cn(Cc2ccc3c(-c4ccccc4)c(C#N)sc3c2)nn1)C(F)(F)F. The number of aromatic nitrogens is 3. The van der Waals surface area contributed by atoms with Gasteiger partial charge in [0.25, 0.3) is 0 Å². The summed E-state index contributed by atoms with van der Waals surface area (Å²) in [6.07, 6.45) is -4.29. The van der Waals surface area contributed by atoms with Crippen molar-refractivity contribution < 1.29 is 18.3 Å². The summed E-state index contributed by atoms with van der Waals surface area (Å²) in [7, 11) is 0. The zero-order valence-corrected chi connectivity index (χ0v) is 17.2. The van der Waals surface area contributed by atoms with E-state index in [1.807, 2.05) is 48.5 Å². The summed E-state index contributed by atoms with van der Waals surface area (Å²) < 4.78 is 41.9. The van der Waals surface area contributed by atoms with Gasteiger partial charge in [0, 0.05) is 15.6 Å². The van der Waals surface area contributed by atoms with Crippen molar-refractivity contribution in [3.8, 4) is 17.2 Å². The third-order valence-electron chi connectivity index (χ3n) is 5.21. The number of halogens is 3. The summed E-state index contributed by atoms with van der Waals surface area (Å²) in [6, 6.07) is 17.5. The van der Waals surface area contributed by atoms with Crippen LogP contribution in [0.5, 0.6) is 0 Å². The number of fused-ring (bicyclic) bond motifs is 1. The van der Waals surface area contributed by atoms with Crippen LogP contribution in [0.1, 0.15) is 29.5 Å². The maximum atomic E-state index is 13.3. The van der Waals surface area contributed by atoms with Gasteiger partial charge in [-0.3, -0.25) is 0 Å². The highest BCUT2D eigenvalue weighted by Gasteiger charge is 2.55. The van der Waals surface area contributed by atoms with Crippen molar-refractivity contribution in [3.05, 3.63) is 70.9 Å². The summed E-state index contributed by atoms with van der Waals surface area (Å²) in [6.45, 7) is 1.43. The Bertz CT molecular complexity index is 1270. The van der Waals surface area contributed by atoms with Crippen LogP contribution < -0.4 is 0 Å². The van der Waals surface area contributed by atoms with Crippen molar-refractivity contribution in [2.45, 2.75) is 31.7 Å². The van der Waals surface area contributed by atoms with Crippen LogP contribution >= 0.6 is 11.3 Å². The third kappa shape index (κ3) is 3.69. The predicted molar refractivity (Wildman–Crippen MR) is 111 cm³/mol. The number of benzene rings is 2. The van der Waals surface area contributed by atoms with Gasteiger partial charge in [-0.25, -0.2) is 4.68 Å². The van der Waals surface area contributed by atoms with Crippen LogP contribution in [-0.2, 0) is 12.1 Å². The summed E-state index contributed by atoms with van der Waals surface area (Å²) in [5.74, 6) is 0. The highest BCUT2D eigenvalue weighted by molar-refractivity contribution is 7.20. The molecule has 1 atom stereocenters. The summed E-state index contributed by atoms with van der Waals surface area (Å²) in [4.78, 5) is 0.597. The minimum absolute atomic E-state index is 0.182. The van der Waals surface area contributed by atoms with Crippen LogP contribution in [0.2, 0.25) is 0 Å². The molecular formula is C22H17F3N4OS. The molecule has 0 fully saturated rings. The second-order valence-electron chi connectivity index (χ2n) is 7.13. The monoisotopic (exact) mass is 442 g/mol. The molecule has 0 aliphatic rings. The van der Waals surface area contributed by atoms with E-state index in [2.05, 4.69) is 16.4 Å². The van der Waals surface area contributed by atoms with Gasteiger partial charge in [0.1, 0.15) is 16.6 Å². The molecule has 2 heterocycles. The molecule has 4 rings (SSSR count). The van der Waals surface area contributed by atoms with Crippen molar-refractivity contribution in [2.75, 3.05) is 0 Å². The number of alkyl halides is 3. The van der Waals surface area contributed by atoms with Gasteiger partial charge >= 0.3 is 6.18 Å². The fourth-order valence-corrected chi connectivity index (χ4v) is 4.57. The molecule has 1 unspecified atom stereocenters. The largest absolute Gasteiger partial charge is 0.423 e. The Morgan fingerprint density at radius 3 is 2.55 bits per heavy atom. The van der Waals surface area contributed by atoms with Gasteiger partial charge in [-0.05, 0) is 23.6 Å². The normalized spacial score (nSPS) is 13.8. The quantitative estimate of drug-likeness (QED) is 0.459. The Morgan fingerprint density at radius 2 is 1.90 bits per heavy atom. The number of hydrogen-bond donors (Lipinski definition) is 1. The minimum atomic E-state index is -4.85. The smallest absolute Gasteiger partial charge is 0.375 e. The van der Waals surface area contributed by atoms with Crippen LogP contribution in [0.3, 0.4) is 0 Å². The molecule has 0 radical (unpaired) electrons. The zero-order chi connectivity index (χ0) is 22.2. The summed E-state index contributed by atoms with van der Waals surface area (Å²) >= 11 is 1.36. The molecule has 0 aliphatic heterocycles. The Kier molecular flexibility index (Phi) is 5.29. The van der Waals surface area contributed by atoms with Gasteiger partial charge in [-0.1, -0.05) is 54.6 Å². The number of nitrogens with zero attached hydrogens (tertiary/aromatic N) is 4. The van der Waals surface area contributed by atoms with Crippen molar-refractivity contribution in [2.24, 2.45) is 0 Å². The number of thiophene rings is 1. The lowest BCUT2D eigenvalue weighted by Gasteiger charge is -2.26. The van der Waals surface area contributed by atoms with Gasteiger partial charge in [-0.15, -0.1) is 16.4 Å². The van der Waals surface area contributed by atoms with Crippen molar-refractivity contribution in [1.29, 1.82) is 5.26 Å². The number of aliphatic hydroxyl groups is 1. The van der Waals surface area contributed by atoms with Crippen LogP contribution in [0.15, 0.2) is 54.7 Å². The van der Waals surface area contributed by atoms with E-state index in [0.29, 0.717) is 4.88 Å². The van der Waals surface area contributed by atoms with Crippen molar-refractivity contribution in [3.63, 3.8) is 0 Å². The first kappa shape index (κ1) is 21.0. The lowest BCUT2D eigenvalue weighted by Crippen LogP contribution is -2.42. The van der Waals surface area contributed by atoms with Crippen LogP contribution in [0.4, 0.5) is 13.2 Å². The molecule has 4 aromatic rings. The van der Waals surface area contributed by atoms with E-state index in [-0.39, 0.29) is 6.54 Å². The Labute approximate surface area is 180 Å². The fourth-order valence-electron chi connectivity index (χ4n) is 3.49. The maximum absolute atomic E-state index is 13.3. The highest BCUT2D eigenvalue weighted by atomic mass is 32.1. The van der Waals surface area contributed by atoms with Crippen LogP contribution in [0, 0.1) is 11.3 Å². The summed E-state index contributed by atoms with van der Waals surface area (Å²) in [5.41, 5.74) is -0.949. The van der Waals surface area contributed by atoms with E-state index in [0.717, 1.165) is 33.0 Å². The zero-order valence-electron chi connectivity index (χ0n) is 16.4. The molecular weight excluding hydrogens is 425 g/mol. The molecule has 2 aromatic heterocycles. The van der Waals surface area contributed by atoms with E-state index in [1.54, 1.807) is 0 Å². The number of nitriles is 1. The fraction of sp³-hybridized carbons (Fsp3) is 0.227. The van der Waals surface area contributed by atoms with Crippen LogP contribution in [-0.4, -0.2) is 26.3 Å². The number of hydrogen-bond acceptors (Lipinski definition) is 5. The van der Waals surface area contributed by atoms with Crippen molar-refractivity contribution in [1.82, 2.24) is 15.0 Å². The van der Waals surface area contributed by atoms with E-state index >= 15 is 0 Å². The average Bonchev–Trinajstić information content (AvgIpc) is 3.37. The second-order valence-corrected chi connectivity index (χ2v) is 8.18. The lowest BCUT2D eigenvalue weighted by molar-refractivity contribution is -0.269. The molecule has 9 heteroatoms. The van der Waals surface area contributed by atoms with E-state index < -0.39 is 23.9 Å². The van der Waals surface area contributed by atoms with E-state index in [1.165, 1.54) is 22.9 Å². The Balaban J connectivity index is 1.67. The van der Waals surface area contributed by atoms with Gasteiger partial charge in [0.15, 0.2) is 0 Å². The lowest BCUT2D eigenvalue weighted by atomic mass is 9.96. The molecule has 0 aliphatic carbocycles. The standard InChI is InChI=1S/C22H17F3N4OS/c1-2-21(30,22(23,24)25)19-13-29(28-27-19)12-14-8-9-16-17(10-14)31-18(11-26)20(16)15-6-4-3-5-7-15/h3-10,13,30H,2,12H2,1H3. The first-order valence-electron chi connectivity index (χ1n) is 9.47. The van der Waals surface area contributed by atoms with E-state index in [4.69, 9.17) is 0 Å². The molecule has 0 bridgehead atoms. The molecule has 31 heavy (non-hydrogen) atoms. The van der Waals surface area contributed by atoms with Gasteiger partial charge in [0.05, 0.1) is 12.7 Å². The van der Waals surface area contributed by atoms with Crippen LogP contribution in [0.25, 0.3) is 21.2 Å². The predicted octanol–water partition coefficient (Wildman–Crippen LogP) is 5.24. The minimum Gasteiger partial charge on any atom is -0.375 e. The summed E-state index contributed by atoms with van der Waals surface area (Å²) in [5, 5.41) is 27.9. The molecule has 0 saturated carbocycles. The van der Waals surface area contributed by atoms with Crippen molar-refractivity contribution >= 4 is 21.4 Å². The van der Waals surface area contributed by atoms with Gasteiger partial charge < -0.3 is 5.11 Å². The molecule has 1 N–H and O–H groups in total. The van der Waals surface area contributed by atoms with Gasteiger partial charge in [-0.2, -0.15) is 18.4 Å². The molecule has 2 aromatic carbocycles. The first-order chi connectivity index (χ1) is 14.8. The highest BCUT2D eigenvalue weighted by Crippen LogP contribution is 2.41. The number of rotatable bonds is 5. The first-order valence-corrected chi connectivity index (χ1v) is 10.3. The second kappa shape index (κ2) is 7.80. The average molecular weight is 442 g/mol. The molecule has 0 saturated heterocycles. The molecule has 158 valence electrons. The van der Waals surface area contributed by atoms with E-state index in [9.17, 15) is 23.5 Å². The topological polar surface area (TPSA) is 74.7 Å². The molecule has 5 nitrogen and oxygen atoms in total.